The monoisotopic (exact) mass is 616 g/mol. The summed E-state index contributed by atoms with van der Waals surface area (Å²) in [6, 6.07) is 7.39. The molecule has 6 nitrogen and oxygen atoms in total. The molecule has 0 unspecified atom stereocenters. The molecule has 0 aromatic heterocycles. The number of carboxylic acid groups (broad SMARTS) is 1. The normalized spacial score (nSPS) is 20.1. The molecule has 13 heteroatoms. The lowest BCUT2D eigenvalue weighted by Crippen LogP contribution is -2.39. The first kappa shape index (κ1) is 31.7. The molecule has 1 aliphatic heterocycles. The van der Waals surface area contributed by atoms with Crippen molar-refractivity contribution in [1.82, 2.24) is 4.90 Å². The number of halogens is 6. The second kappa shape index (κ2) is 13.0. The van der Waals surface area contributed by atoms with Crippen molar-refractivity contribution >= 4 is 35.4 Å². The van der Waals surface area contributed by atoms with Gasteiger partial charge in [-0.25, -0.2) is 0 Å². The Morgan fingerprint density at radius 3 is 2.24 bits per heavy atom. The first-order chi connectivity index (χ1) is 19.7. The molecule has 1 saturated heterocycles. The summed E-state index contributed by atoms with van der Waals surface area (Å²) < 4.78 is 91.1. The highest BCUT2D eigenvalue weighted by molar-refractivity contribution is 7.99. The standard InChI is InChI=1S/C29H30F6N2O4S/c1-17-15-23(42-21-4-2-3-20(16-21)36-19-7-5-18(6-8-19)27(39)40)26(29(33,34)35)25(28(30,31)32)22(17)9-10-24(38)37-11-13-41-14-12-37/h2-4,9-10,15-16,18-19,36H,5-8,11-14H2,1H3,(H,39,40)/b10-9+. The minimum Gasteiger partial charge on any atom is -0.481 e. The van der Waals surface area contributed by atoms with E-state index in [1.807, 2.05) is 0 Å². The third kappa shape index (κ3) is 7.80. The van der Waals surface area contributed by atoms with E-state index in [4.69, 9.17) is 4.74 Å². The van der Waals surface area contributed by atoms with Crippen LogP contribution in [0.25, 0.3) is 6.08 Å². The summed E-state index contributed by atoms with van der Waals surface area (Å²) in [7, 11) is 0. The zero-order valence-corrected chi connectivity index (χ0v) is 23.5. The maximum Gasteiger partial charge on any atom is 0.418 e. The highest BCUT2D eigenvalue weighted by Crippen LogP contribution is 2.49. The first-order valence-electron chi connectivity index (χ1n) is 13.4. The molecule has 1 amide bonds. The number of aliphatic carboxylic acids is 1. The summed E-state index contributed by atoms with van der Waals surface area (Å²) in [5.74, 6) is -1.86. The number of alkyl halides is 6. The van der Waals surface area contributed by atoms with Gasteiger partial charge < -0.3 is 20.1 Å². The van der Waals surface area contributed by atoms with Crippen LogP contribution in [0.15, 0.2) is 46.2 Å². The number of hydrogen-bond donors (Lipinski definition) is 2. The number of hydrogen-bond acceptors (Lipinski definition) is 5. The number of aryl methyl sites for hydroxylation is 1. The maximum atomic E-state index is 14.3. The molecule has 2 aliphatic rings. The zero-order chi connectivity index (χ0) is 30.7. The van der Waals surface area contributed by atoms with Crippen LogP contribution in [0, 0.1) is 12.8 Å². The fourth-order valence-electron chi connectivity index (χ4n) is 5.21. The number of nitrogens with one attached hydrogen (secondary N) is 1. The van der Waals surface area contributed by atoms with E-state index in [9.17, 15) is 41.0 Å². The van der Waals surface area contributed by atoms with Crippen molar-refractivity contribution in [3.05, 3.63) is 58.7 Å². The molecule has 42 heavy (non-hydrogen) atoms. The predicted octanol–water partition coefficient (Wildman–Crippen LogP) is 7.11. The van der Waals surface area contributed by atoms with E-state index in [1.54, 1.807) is 18.2 Å². The predicted molar refractivity (Wildman–Crippen MR) is 145 cm³/mol. The van der Waals surface area contributed by atoms with Gasteiger partial charge in [0.05, 0.1) is 30.3 Å². The van der Waals surface area contributed by atoms with Crippen molar-refractivity contribution in [2.75, 3.05) is 31.6 Å². The maximum absolute atomic E-state index is 14.3. The molecule has 228 valence electrons. The Morgan fingerprint density at radius 1 is 1.00 bits per heavy atom. The van der Waals surface area contributed by atoms with Gasteiger partial charge in [-0.05, 0) is 74.1 Å². The lowest BCUT2D eigenvalue weighted by atomic mass is 9.86. The van der Waals surface area contributed by atoms with Crippen LogP contribution in [0.3, 0.4) is 0 Å². The highest BCUT2D eigenvalue weighted by Gasteiger charge is 2.47. The average Bonchev–Trinajstić information content (AvgIpc) is 2.92. The van der Waals surface area contributed by atoms with Gasteiger partial charge in [-0.15, -0.1) is 0 Å². The minimum atomic E-state index is -5.36. The van der Waals surface area contributed by atoms with Gasteiger partial charge in [-0.3, -0.25) is 9.59 Å². The highest BCUT2D eigenvalue weighted by atomic mass is 32.2. The molecule has 0 radical (unpaired) electrons. The van der Waals surface area contributed by atoms with Crippen LogP contribution in [0.2, 0.25) is 0 Å². The Morgan fingerprint density at radius 2 is 1.64 bits per heavy atom. The third-order valence-corrected chi connectivity index (χ3v) is 8.36. The number of nitrogens with zero attached hydrogens (tertiary/aromatic N) is 1. The molecule has 2 aromatic carbocycles. The molecule has 0 atom stereocenters. The van der Waals surface area contributed by atoms with Crippen LogP contribution in [-0.4, -0.2) is 54.2 Å². The Hall–Kier alpha value is -3.19. The van der Waals surface area contributed by atoms with Crippen molar-refractivity contribution in [1.29, 1.82) is 0 Å². The Bertz CT molecular complexity index is 1330. The number of carbonyl (C=O) groups excluding carboxylic acids is 1. The van der Waals surface area contributed by atoms with E-state index in [0.717, 1.165) is 18.2 Å². The van der Waals surface area contributed by atoms with E-state index >= 15 is 0 Å². The summed E-state index contributed by atoms with van der Waals surface area (Å²) >= 11 is 0.571. The van der Waals surface area contributed by atoms with Gasteiger partial charge in [0.25, 0.3) is 0 Å². The number of amides is 1. The van der Waals surface area contributed by atoms with Crippen LogP contribution in [0.4, 0.5) is 32.0 Å². The van der Waals surface area contributed by atoms with Gasteiger partial charge in [0, 0.05) is 40.7 Å². The fraction of sp³-hybridized carbons (Fsp3) is 0.448. The lowest BCUT2D eigenvalue weighted by Gasteiger charge is -2.27. The largest absolute Gasteiger partial charge is 0.481 e. The van der Waals surface area contributed by atoms with Crippen molar-refractivity contribution in [3.63, 3.8) is 0 Å². The summed E-state index contributed by atoms with van der Waals surface area (Å²) in [5.41, 5.74) is -3.86. The number of carboxylic acids is 1. The average molecular weight is 617 g/mol. The van der Waals surface area contributed by atoms with Crippen molar-refractivity contribution in [2.24, 2.45) is 5.92 Å². The molecule has 2 aromatic rings. The lowest BCUT2D eigenvalue weighted by molar-refractivity contribution is -0.163. The van der Waals surface area contributed by atoms with Crippen LogP contribution < -0.4 is 5.32 Å². The quantitative estimate of drug-likeness (QED) is 0.255. The summed E-state index contributed by atoms with van der Waals surface area (Å²) in [5, 5.41) is 12.4. The summed E-state index contributed by atoms with van der Waals surface area (Å²) in [6.45, 7) is 2.27. The number of carbonyl (C=O) groups is 2. The van der Waals surface area contributed by atoms with Crippen LogP contribution in [0.5, 0.6) is 0 Å². The Kier molecular flexibility index (Phi) is 9.81. The second-order valence-electron chi connectivity index (χ2n) is 10.3. The minimum absolute atomic E-state index is 0.0306. The first-order valence-corrected chi connectivity index (χ1v) is 14.2. The molecule has 0 bridgehead atoms. The number of ether oxygens (including phenoxy) is 1. The molecule has 4 rings (SSSR count). The van der Waals surface area contributed by atoms with Gasteiger partial charge in [0.2, 0.25) is 5.91 Å². The smallest absolute Gasteiger partial charge is 0.418 e. The van der Waals surface area contributed by atoms with E-state index in [1.165, 1.54) is 17.9 Å². The topological polar surface area (TPSA) is 78.9 Å². The van der Waals surface area contributed by atoms with E-state index < -0.39 is 51.7 Å². The molecule has 2 N–H and O–H groups in total. The summed E-state index contributed by atoms with van der Waals surface area (Å²) in [6.07, 6.45) is -6.82. The number of anilines is 1. The van der Waals surface area contributed by atoms with Gasteiger partial charge in [-0.2, -0.15) is 26.3 Å². The Balaban J connectivity index is 1.65. The number of morpholine rings is 1. The van der Waals surface area contributed by atoms with Crippen LogP contribution in [0.1, 0.15) is 47.9 Å². The molecule has 1 aliphatic carbocycles. The van der Waals surface area contributed by atoms with E-state index in [2.05, 4.69) is 5.32 Å². The van der Waals surface area contributed by atoms with Gasteiger partial charge in [0.15, 0.2) is 0 Å². The number of rotatable bonds is 7. The molecule has 1 heterocycles. The van der Waals surface area contributed by atoms with Crippen molar-refractivity contribution in [3.8, 4) is 0 Å². The summed E-state index contributed by atoms with van der Waals surface area (Å²) in [4.78, 5) is 24.7. The van der Waals surface area contributed by atoms with Gasteiger partial charge in [0.1, 0.15) is 0 Å². The Labute approximate surface area is 243 Å². The molecule has 0 spiro atoms. The molecular formula is C29H30F6N2O4S. The molecule has 1 saturated carbocycles. The second-order valence-corrected chi connectivity index (χ2v) is 11.4. The van der Waals surface area contributed by atoms with E-state index in [0.29, 0.717) is 48.0 Å². The zero-order valence-electron chi connectivity index (χ0n) is 22.6. The molecule has 2 fully saturated rings. The SMILES string of the molecule is Cc1cc(Sc2cccc(NC3CCC(C(=O)O)CC3)c2)c(C(F)(F)F)c(C(F)(F)F)c1/C=C/C(=O)N1CCOCC1. The fourth-order valence-corrected chi connectivity index (χ4v) is 6.36. The third-order valence-electron chi connectivity index (χ3n) is 7.33. The van der Waals surface area contributed by atoms with Crippen molar-refractivity contribution < 1.29 is 45.8 Å². The van der Waals surface area contributed by atoms with Gasteiger partial charge in [-0.1, -0.05) is 17.8 Å². The van der Waals surface area contributed by atoms with Crippen LogP contribution >= 0.6 is 11.8 Å². The van der Waals surface area contributed by atoms with Crippen LogP contribution in [-0.2, 0) is 26.7 Å². The number of benzene rings is 2. The van der Waals surface area contributed by atoms with Crippen molar-refractivity contribution in [2.45, 2.75) is 60.8 Å². The van der Waals surface area contributed by atoms with E-state index in [-0.39, 0.29) is 37.9 Å². The molecular weight excluding hydrogens is 586 g/mol. The van der Waals surface area contributed by atoms with Gasteiger partial charge >= 0.3 is 18.3 Å².